The minimum Gasteiger partial charge on any atom is -0.394 e. The molecule has 0 bridgehead atoms. The van der Waals surface area contributed by atoms with Crippen LogP contribution in [0.2, 0.25) is 5.02 Å². The number of amides is 1. The van der Waals surface area contributed by atoms with Gasteiger partial charge in [0.15, 0.2) is 5.69 Å². The molecule has 0 radical (unpaired) electrons. The number of nitrogens with one attached hydrogen (secondary N) is 1. The van der Waals surface area contributed by atoms with Crippen LogP contribution in [0.5, 0.6) is 0 Å². The highest BCUT2D eigenvalue weighted by Gasteiger charge is 2.26. The van der Waals surface area contributed by atoms with Crippen molar-refractivity contribution >= 4 is 17.5 Å². The number of aliphatic hydroxyl groups excluding tert-OH is 1. The van der Waals surface area contributed by atoms with E-state index in [1.165, 1.54) is 0 Å². The quantitative estimate of drug-likeness (QED) is 0.889. The molecule has 2 rings (SSSR count). The summed E-state index contributed by atoms with van der Waals surface area (Å²) < 4.78 is 1.76. The monoisotopic (exact) mass is 349 g/mol. The topological polar surface area (TPSA) is 67.2 Å². The van der Waals surface area contributed by atoms with E-state index >= 15 is 0 Å². The first kappa shape index (κ1) is 18.5. The normalized spacial score (nSPS) is 12.3. The first-order valence-electron chi connectivity index (χ1n) is 7.83. The van der Waals surface area contributed by atoms with Crippen molar-refractivity contribution in [2.75, 3.05) is 6.61 Å². The number of carbonyl (C=O) groups excluding carboxylic acids is 1. The van der Waals surface area contributed by atoms with Gasteiger partial charge >= 0.3 is 0 Å². The van der Waals surface area contributed by atoms with E-state index in [-0.39, 0.29) is 17.9 Å². The molecule has 2 aromatic rings. The van der Waals surface area contributed by atoms with Gasteiger partial charge in [-0.2, -0.15) is 5.10 Å². The van der Waals surface area contributed by atoms with Crippen molar-refractivity contribution in [2.45, 2.75) is 45.6 Å². The maximum Gasteiger partial charge on any atom is 0.272 e. The summed E-state index contributed by atoms with van der Waals surface area (Å²) >= 11 is 5.96. The Hall–Kier alpha value is -1.85. The van der Waals surface area contributed by atoms with Crippen molar-refractivity contribution < 1.29 is 9.90 Å². The molecule has 0 saturated carbocycles. The molecule has 1 aromatic carbocycles. The van der Waals surface area contributed by atoms with Crippen LogP contribution in [0.15, 0.2) is 30.3 Å². The molecule has 0 atom stereocenters. The van der Waals surface area contributed by atoms with Crippen molar-refractivity contribution in [1.82, 2.24) is 15.1 Å². The van der Waals surface area contributed by atoms with Crippen molar-refractivity contribution in [1.29, 1.82) is 0 Å². The molecule has 0 spiro atoms. The van der Waals surface area contributed by atoms with Crippen molar-refractivity contribution in [3.63, 3.8) is 0 Å². The summed E-state index contributed by atoms with van der Waals surface area (Å²) in [5.74, 6) is -0.313. The molecular weight excluding hydrogens is 326 g/mol. The zero-order valence-corrected chi connectivity index (χ0v) is 15.5. The average Bonchev–Trinajstić information content (AvgIpc) is 2.93. The van der Waals surface area contributed by atoms with Gasteiger partial charge in [0.1, 0.15) is 0 Å². The highest BCUT2D eigenvalue weighted by molar-refractivity contribution is 6.30. The molecule has 0 aliphatic heterocycles. The van der Waals surface area contributed by atoms with E-state index in [1.807, 2.05) is 12.1 Å². The third kappa shape index (κ3) is 4.16. The number of halogens is 1. The molecule has 130 valence electrons. The average molecular weight is 350 g/mol. The maximum atomic E-state index is 12.5. The smallest absolute Gasteiger partial charge is 0.272 e. The van der Waals surface area contributed by atoms with E-state index in [1.54, 1.807) is 36.7 Å². The lowest BCUT2D eigenvalue weighted by Crippen LogP contribution is -2.46. The van der Waals surface area contributed by atoms with Crippen molar-refractivity contribution in [3.05, 3.63) is 46.7 Å². The van der Waals surface area contributed by atoms with Gasteiger partial charge in [-0.05, 0) is 44.2 Å². The fourth-order valence-electron chi connectivity index (χ4n) is 2.22. The number of nitrogens with zero attached hydrogens (tertiary/aromatic N) is 2. The molecule has 1 amide bonds. The lowest BCUT2D eigenvalue weighted by atomic mass is 9.91. The summed E-state index contributed by atoms with van der Waals surface area (Å²) in [7, 11) is 0. The Kier molecular flexibility index (Phi) is 5.06. The summed E-state index contributed by atoms with van der Waals surface area (Å²) in [6.45, 7) is 9.56. The van der Waals surface area contributed by atoms with E-state index in [4.69, 9.17) is 11.6 Å². The lowest BCUT2D eigenvalue weighted by Gasteiger charge is -2.22. The molecule has 2 N–H and O–H groups in total. The number of aliphatic hydroxyl groups is 1. The first-order chi connectivity index (χ1) is 11.0. The Balaban J connectivity index is 2.46. The van der Waals surface area contributed by atoms with Crippen LogP contribution in [0.1, 0.15) is 50.8 Å². The van der Waals surface area contributed by atoms with Gasteiger partial charge in [0, 0.05) is 10.4 Å². The molecule has 0 fully saturated rings. The summed E-state index contributed by atoms with van der Waals surface area (Å²) in [5.41, 5.74) is 1.17. The molecule has 0 aliphatic carbocycles. The zero-order valence-electron chi connectivity index (χ0n) is 14.7. The summed E-state index contributed by atoms with van der Waals surface area (Å²) in [6, 6.07) is 9.10. The number of hydrogen-bond acceptors (Lipinski definition) is 3. The van der Waals surface area contributed by atoms with Crippen LogP contribution in [-0.4, -0.2) is 32.9 Å². The predicted molar refractivity (Wildman–Crippen MR) is 95.9 cm³/mol. The number of hydrogen-bond donors (Lipinski definition) is 2. The van der Waals surface area contributed by atoms with E-state index in [0.29, 0.717) is 10.7 Å². The Bertz CT molecular complexity index is 728. The van der Waals surface area contributed by atoms with E-state index in [0.717, 1.165) is 11.4 Å². The molecule has 5 nitrogen and oxygen atoms in total. The predicted octanol–water partition coefficient (Wildman–Crippen LogP) is 3.32. The lowest BCUT2D eigenvalue weighted by molar-refractivity contribution is 0.0864. The fourth-order valence-corrected chi connectivity index (χ4v) is 2.34. The summed E-state index contributed by atoms with van der Waals surface area (Å²) in [4.78, 5) is 12.5. The zero-order chi connectivity index (χ0) is 18.1. The SMILES string of the molecule is CC(C)(CO)NC(=O)c1cc(C(C)(C)C)n(-c2ccc(Cl)cc2)n1. The number of aromatic nitrogens is 2. The molecule has 0 aliphatic rings. The second-order valence-corrected chi connectivity index (χ2v) is 7.99. The highest BCUT2D eigenvalue weighted by Crippen LogP contribution is 2.26. The van der Waals surface area contributed by atoms with Gasteiger partial charge in [0.05, 0.1) is 23.5 Å². The van der Waals surface area contributed by atoms with Crippen LogP contribution in [0.4, 0.5) is 0 Å². The van der Waals surface area contributed by atoms with Gasteiger partial charge in [-0.1, -0.05) is 32.4 Å². The van der Waals surface area contributed by atoms with E-state index in [9.17, 15) is 9.90 Å². The molecule has 6 heteroatoms. The second kappa shape index (κ2) is 6.57. The maximum absolute atomic E-state index is 12.5. The van der Waals surface area contributed by atoms with Crippen LogP contribution in [0.25, 0.3) is 5.69 Å². The first-order valence-corrected chi connectivity index (χ1v) is 8.21. The Morgan fingerprint density at radius 1 is 1.21 bits per heavy atom. The van der Waals surface area contributed by atoms with Crippen LogP contribution >= 0.6 is 11.6 Å². The molecule has 0 unspecified atom stereocenters. The number of benzene rings is 1. The van der Waals surface area contributed by atoms with Crippen LogP contribution < -0.4 is 5.32 Å². The van der Waals surface area contributed by atoms with Crippen LogP contribution in [0, 0.1) is 0 Å². The van der Waals surface area contributed by atoms with Crippen LogP contribution in [-0.2, 0) is 5.41 Å². The van der Waals surface area contributed by atoms with Gasteiger partial charge in [-0.3, -0.25) is 4.79 Å². The van der Waals surface area contributed by atoms with Gasteiger partial charge in [0.25, 0.3) is 5.91 Å². The van der Waals surface area contributed by atoms with Gasteiger partial charge in [-0.25, -0.2) is 4.68 Å². The molecular formula is C18H24ClN3O2. The largest absolute Gasteiger partial charge is 0.394 e. The third-order valence-electron chi connectivity index (χ3n) is 3.63. The van der Waals surface area contributed by atoms with Crippen molar-refractivity contribution in [2.24, 2.45) is 0 Å². The highest BCUT2D eigenvalue weighted by atomic mass is 35.5. The van der Waals surface area contributed by atoms with Crippen molar-refractivity contribution in [3.8, 4) is 5.69 Å². The van der Waals surface area contributed by atoms with Gasteiger partial charge in [0.2, 0.25) is 0 Å². The fraction of sp³-hybridized carbons (Fsp3) is 0.444. The minimum atomic E-state index is -0.705. The second-order valence-electron chi connectivity index (χ2n) is 7.55. The number of carbonyl (C=O) groups is 1. The summed E-state index contributed by atoms with van der Waals surface area (Å²) in [5, 5.41) is 17.2. The molecule has 1 heterocycles. The standard InChI is InChI=1S/C18H24ClN3O2/c1-17(2,3)15-10-14(16(24)20-18(4,5)11-23)21-22(15)13-8-6-12(19)7-9-13/h6-10,23H,11H2,1-5H3,(H,20,24). The minimum absolute atomic E-state index is 0.150. The van der Waals surface area contributed by atoms with Crippen LogP contribution in [0.3, 0.4) is 0 Å². The third-order valence-corrected chi connectivity index (χ3v) is 3.88. The van der Waals surface area contributed by atoms with E-state index in [2.05, 4.69) is 31.2 Å². The molecule has 24 heavy (non-hydrogen) atoms. The Morgan fingerprint density at radius 2 is 1.79 bits per heavy atom. The van der Waals surface area contributed by atoms with E-state index < -0.39 is 5.54 Å². The number of rotatable bonds is 4. The molecule has 1 aromatic heterocycles. The Labute approximate surface area is 147 Å². The molecule has 0 saturated heterocycles. The summed E-state index contributed by atoms with van der Waals surface area (Å²) in [6.07, 6.45) is 0. The Morgan fingerprint density at radius 3 is 2.29 bits per heavy atom. The van der Waals surface area contributed by atoms with Gasteiger partial charge < -0.3 is 10.4 Å². The van der Waals surface area contributed by atoms with Gasteiger partial charge in [-0.15, -0.1) is 0 Å².